The van der Waals surface area contributed by atoms with Crippen LogP contribution in [0.15, 0.2) is 30.5 Å². The summed E-state index contributed by atoms with van der Waals surface area (Å²) in [6.07, 6.45) is 2.59. The third-order valence-electron chi connectivity index (χ3n) is 2.57. The van der Waals surface area contributed by atoms with Gasteiger partial charge >= 0.3 is 0 Å². The molecule has 0 saturated carbocycles. The molecule has 1 aromatic heterocycles. The van der Waals surface area contributed by atoms with Crippen LogP contribution < -0.4 is 11.5 Å². The number of primary amides is 1. The predicted octanol–water partition coefficient (Wildman–Crippen LogP) is -0.0735. The first-order valence-electron chi connectivity index (χ1n) is 5.67. The quantitative estimate of drug-likeness (QED) is 0.769. The van der Waals surface area contributed by atoms with Crippen LogP contribution in [-0.4, -0.2) is 27.4 Å². The molecule has 4 N–H and O–H groups in total. The number of nitrogens with two attached hydrogens (primary N) is 2. The van der Waals surface area contributed by atoms with Gasteiger partial charge in [0.15, 0.2) is 0 Å². The summed E-state index contributed by atoms with van der Waals surface area (Å²) in [6, 6.07) is 7.11. The maximum Gasteiger partial charge on any atom is 0.248 e. The van der Waals surface area contributed by atoms with Crippen LogP contribution >= 0.6 is 0 Å². The van der Waals surface area contributed by atoms with E-state index in [0.29, 0.717) is 18.7 Å². The van der Waals surface area contributed by atoms with Crippen molar-refractivity contribution in [2.24, 2.45) is 11.5 Å². The normalized spacial score (nSPS) is 10.5. The molecule has 1 heterocycles. The maximum absolute atomic E-state index is 10.9. The van der Waals surface area contributed by atoms with E-state index in [1.54, 1.807) is 16.8 Å². The Kier molecular flexibility index (Phi) is 3.69. The third-order valence-corrected chi connectivity index (χ3v) is 2.57. The highest BCUT2D eigenvalue weighted by molar-refractivity contribution is 5.92. The Bertz CT molecular complexity index is 532. The number of hydrogen-bond acceptors (Lipinski definition) is 4. The van der Waals surface area contributed by atoms with E-state index in [4.69, 9.17) is 11.5 Å². The van der Waals surface area contributed by atoms with Gasteiger partial charge in [-0.15, -0.1) is 5.10 Å². The van der Waals surface area contributed by atoms with Crippen LogP contribution in [0, 0.1) is 0 Å². The molecule has 0 fully saturated rings. The highest BCUT2D eigenvalue weighted by atomic mass is 16.1. The van der Waals surface area contributed by atoms with E-state index in [9.17, 15) is 4.79 Å². The lowest BCUT2D eigenvalue weighted by Crippen LogP contribution is -2.10. The number of hydrogen-bond donors (Lipinski definition) is 2. The Morgan fingerprint density at radius 2 is 2.00 bits per heavy atom. The summed E-state index contributed by atoms with van der Waals surface area (Å²) in [5, 5.41) is 8.01. The lowest BCUT2D eigenvalue weighted by molar-refractivity contribution is 0.100. The number of carbonyl (C=O) groups is 1. The van der Waals surface area contributed by atoms with E-state index < -0.39 is 5.91 Å². The second-order valence-corrected chi connectivity index (χ2v) is 4.01. The molecular weight excluding hydrogens is 230 g/mol. The van der Waals surface area contributed by atoms with Gasteiger partial charge in [-0.25, -0.2) is 4.68 Å². The van der Waals surface area contributed by atoms with Crippen LogP contribution in [0.3, 0.4) is 0 Å². The lowest BCUT2D eigenvalue weighted by Gasteiger charge is -2.01. The van der Waals surface area contributed by atoms with Crippen molar-refractivity contribution in [3.63, 3.8) is 0 Å². The van der Waals surface area contributed by atoms with Gasteiger partial charge in [-0.05, 0) is 24.2 Å². The summed E-state index contributed by atoms with van der Waals surface area (Å²) in [4.78, 5) is 10.9. The van der Waals surface area contributed by atoms with Crippen LogP contribution in [0.5, 0.6) is 0 Å². The van der Waals surface area contributed by atoms with Gasteiger partial charge in [0.1, 0.15) is 0 Å². The minimum absolute atomic E-state index is 0.424. The molecule has 0 aliphatic rings. The topological polar surface area (TPSA) is 99.8 Å². The van der Waals surface area contributed by atoms with E-state index in [1.807, 2.05) is 18.3 Å². The smallest absolute Gasteiger partial charge is 0.248 e. The standard InChI is InChI=1S/C12H15N5O/c13-6-5-11-8-17(16-15-11)7-9-1-3-10(4-2-9)12(14)18/h1-4,8H,5-7,13H2,(H2,14,18). The van der Waals surface area contributed by atoms with Crippen LogP contribution in [0.4, 0.5) is 0 Å². The molecule has 0 aliphatic heterocycles. The van der Waals surface area contributed by atoms with Gasteiger partial charge in [-0.3, -0.25) is 4.79 Å². The maximum atomic E-state index is 10.9. The summed E-state index contributed by atoms with van der Waals surface area (Å²) >= 11 is 0. The third kappa shape index (κ3) is 2.92. The van der Waals surface area contributed by atoms with Gasteiger partial charge in [-0.1, -0.05) is 17.3 Å². The van der Waals surface area contributed by atoms with Crippen LogP contribution in [0.2, 0.25) is 0 Å². The van der Waals surface area contributed by atoms with E-state index >= 15 is 0 Å². The zero-order chi connectivity index (χ0) is 13.0. The molecule has 0 spiro atoms. The number of benzene rings is 1. The SMILES string of the molecule is NCCc1cn(Cc2ccc(C(N)=O)cc2)nn1. The Balaban J connectivity index is 2.06. The van der Waals surface area contributed by atoms with E-state index in [2.05, 4.69) is 10.3 Å². The fourth-order valence-electron chi connectivity index (χ4n) is 1.64. The second kappa shape index (κ2) is 5.42. The number of carbonyl (C=O) groups excluding carboxylic acids is 1. The number of rotatable bonds is 5. The lowest BCUT2D eigenvalue weighted by atomic mass is 10.1. The fraction of sp³-hybridized carbons (Fsp3) is 0.250. The van der Waals surface area contributed by atoms with Gasteiger partial charge in [0, 0.05) is 18.2 Å². The molecular formula is C12H15N5O. The second-order valence-electron chi connectivity index (χ2n) is 4.01. The van der Waals surface area contributed by atoms with Gasteiger partial charge in [0.25, 0.3) is 0 Å². The van der Waals surface area contributed by atoms with Crippen LogP contribution in [0.25, 0.3) is 0 Å². The predicted molar refractivity (Wildman–Crippen MR) is 66.8 cm³/mol. The van der Waals surface area contributed by atoms with Crippen molar-refractivity contribution in [3.05, 3.63) is 47.3 Å². The molecule has 18 heavy (non-hydrogen) atoms. The Hall–Kier alpha value is -2.21. The van der Waals surface area contributed by atoms with E-state index in [0.717, 1.165) is 17.7 Å². The molecule has 1 amide bonds. The molecule has 0 saturated heterocycles. The van der Waals surface area contributed by atoms with E-state index in [1.165, 1.54) is 0 Å². The van der Waals surface area contributed by atoms with Gasteiger partial charge in [-0.2, -0.15) is 0 Å². The van der Waals surface area contributed by atoms with Crippen molar-refractivity contribution < 1.29 is 4.79 Å². The Morgan fingerprint density at radius 3 is 2.61 bits per heavy atom. The van der Waals surface area contributed by atoms with Gasteiger partial charge in [0.05, 0.1) is 12.2 Å². The summed E-state index contributed by atoms with van der Waals surface area (Å²) in [5.41, 5.74) is 13.0. The number of aromatic nitrogens is 3. The molecule has 2 aromatic rings. The van der Waals surface area contributed by atoms with Crippen molar-refractivity contribution >= 4 is 5.91 Å². The van der Waals surface area contributed by atoms with Gasteiger partial charge in [0.2, 0.25) is 5.91 Å². The molecule has 0 atom stereocenters. The van der Waals surface area contributed by atoms with Gasteiger partial charge < -0.3 is 11.5 Å². The number of nitrogens with zero attached hydrogens (tertiary/aromatic N) is 3. The first-order valence-corrected chi connectivity index (χ1v) is 5.67. The molecule has 0 unspecified atom stereocenters. The largest absolute Gasteiger partial charge is 0.366 e. The van der Waals surface area contributed by atoms with Crippen molar-refractivity contribution in [3.8, 4) is 0 Å². The van der Waals surface area contributed by atoms with Crippen molar-refractivity contribution in [2.75, 3.05) is 6.54 Å². The van der Waals surface area contributed by atoms with Crippen molar-refractivity contribution in [1.29, 1.82) is 0 Å². The molecule has 6 nitrogen and oxygen atoms in total. The Morgan fingerprint density at radius 1 is 1.28 bits per heavy atom. The monoisotopic (exact) mass is 245 g/mol. The first kappa shape index (κ1) is 12.3. The summed E-state index contributed by atoms with van der Waals surface area (Å²) in [7, 11) is 0. The van der Waals surface area contributed by atoms with Crippen molar-refractivity contribution in [1.82, 2.24) is 15.0 Å². The minimum Gasteiger partial charge on any atom is -0.366 e. The summed E-state index contributed by atoms with van der Waals surface area (Å²) < 4.78 is 1.74. The van der Waals surface area contributed by atoms with E-state index in [-0.39, 0.29) is 0 Å². The molecule has 94 valence electrons. The molecule has 0 aliphatic carbocycles. The molecule has 0 radical (unpaired) electrons. The summed E-state index contributed by atoms with van der Waals surface area (Å²) in [5.74, 6) is -0.424. The molecule has 1 aromatic carbocycles. The Labute approximate surface area is 105 Å². The number of amides is 1. The van der Waals surface area contributed by atoms with Crippen LogP contribution in [-0.2, 0) is 13.0 Å². The highest BCUT2D eigenvalue weighted by Gasteiger charge is 2.02. The average molecular weight is 245 g/mol. The zero-order valence-electron chi connectivity index (χ0n) is 9.91. The molecule has 2 rings (SSSR count). The summed E-state index contributed by atoms with van der Waals surface area (Å²) in [6.45, 7) is 1.17. The average Bonchev–Trinajstić information content (AvgIpc) is 2.78. The molecule has 6 heteroatoms. The minimum atomic E-state index is -0.424. The first-order chi connectivity index (χ1) is 8.69. The fourth-order valence-corrected chi connectivity index (χ4v) is 1.64. The highest BCUT2D eigenvalue weighted by Crippen LogP contribution is 2.06. The zero-order valence-corrected chi connectivity index (χ0v) is 9.91. The molecule has 0 bridgehead atoms. The van der Waals surface area contributed by atoms with Crippen LogP contribution in [0.1, 0.15) is 21.6 Å². The van der Waals surface area contributed by atoms with Crippen molar-refractivity contribution in [2.45, 2.75) is 13.0 Å².